The number of carbonyl (C=O) groups excluding carboxylic acids is 2. The molecule has 1 unspecified atom stereocenters. The van der Waals surface area contributed by atoms with Crippen molar-refractivity contribution in [2.45, 2.75) is 6.04 Å². The van der Waals surface area contributed by atoms with Crippen molar-refractivity contribution < 1.29 is 9.59 Å². The molecule has 2 rings (SSSR count). The van der Waals surface area contributed by atoms with Crippen molar-refractivity contribution in [3.05, 3.63) is 11.9 Å². The number of carbonyl (C=O) groups is 2. The molecule has 8 heteroatoms. The van der Waals surface area contributed by atoms with E-state index in [0.29, 0.717) is 19.6 Å². The molecule has 2 N–H and O–H groups in total. The van der Waals surface area contributed by atoms with Crippen LogP contribution >= 0.6 is 0 Å². The highest BCUT2D eigenvalue weighted by Gasteiger charge is 2.34. The maximum atomic E-state index is 12.2. The fourth-order valence-electron chi connectivity index (χ4n) is 1.92. The molecule has 1 aromatic heterocycles. The first-order valence-electron chi connectivity index (χ1n) is 5.70. The Morgan fingerprint density at radius 1 is 1.50 bits per heavy atom. The van der Waals surface area contributed by atoms with Gasteiger partial charge in [-0.25, -0.2) is 0 Å². The molecule has 8 nitrogen and oxygen atoms in total. The third-order valence-corrected chi connectivity index (χ3v) is 2.86. The Balaban J connectivity index is 2.18. The summed E-state index contributed by atoms with van der Waals surface area (Å²) in [6.45, 7) is 1.61. The van der Waals surface area contributed by atoms with E-state index in [4.69, 9.17) is 0 Å². The van der Waals surface area contributed by atoms with Gasteiger partial charge in [-0.1, -0.05) is 0 Å². The zero-order chi connectivity index (χ0) is 13.1. The highest BCUT2D eigenvalue weighted by molar-refractivity contribution is 5.96. The van der Waals surface area contributed by atoms with Crippen LogP contribution in [0.3, 0.4) is 0 Å². The van der Waals surface area contributed by atoms with Gasteiger partial charge in [-0.05, 0) is 0 Å². The summed E-state index contributed by atoms with van der Waals surface area (Å²) in [4.78, 5) is 27.3. The molecule has 98 valence electrons. The Kier molecular flexibility index (Phi) is 3.56. The van der Waals surface area contributed by atoms with E-state index < -0.39 is 6.04 Å². The lowest BCUT2D eigenvalue weighted by molar-refractivity contribution is -0.134. The third kappa shape index (κ3) is 2.33. The highest BCUT2D eigenvalue weighted by atomic mass is 16.2. The van der Waals surface area contributed by atoms with E-state index in [1.54, 1.807) is 14.1 Å². The molecule has 18 heavy (non-hydrogen) atoms. The van der Waals surface area contributed by atoms with E-state index in [1.165, 1.54) is 16.0 Å². The predicted octanol–water partition coefficient (Wildman–Crippen LogP) is -1.69. The molecule has 0 radical (unpaired) electrons. The Hall–Kier alpha value is -1.96. The molecule has 2 heterocycles. The number of rotatable bonds is 2. The number of nitrogens with zero attached hydrogens (tertiary/aromatic N) is 4. The fraction of sp³-hybridized carbons (Fsp3) is 0.600. The lowest BCUT2D eigenvalue weighted by Gasteiger charge is -2.35. The molecular formula is C10H16N6O2. The summed E-state index contributed by atoms with van der Waals surface area (Å²) in [6, 6.07) is -0.488. The Bertz CT molecular complexity index is 430. The topological polar surface area (TPSA) is 94.2 Å². The first kappa shape index (κ1) is 12.5. The van der Waals surface area contributed by atoms with Gasteiger partial charge in [-0.15, -0.1) is 0 Å². The zero-order valence-corrected chi connectivity index (χ0v) is 10.4. The van der Waals surface area contributed by atoms with Gasteiger partial charge in [0, 0.05) is 33.7 Å². The van der Waals surface area contributed by atoms with E-state index in [2.05, 4.69) is 20.7 Å². The molecule has 1 aliphatic heterocycles. The Morgan fingerprint density at radius 3 is 2.89 bits per heavy atom. The molecule has 1 aromatic rings. The standard InChI is InChI=1S/C10H16N6O2/c1-15(2)10(18)8-6-11-3-4-16(8)9(17)7-5-12-14-13-7/h5,8,11H,3-4,6H2,1-2H3,(H,12,13,14). The van der Waals surface area contributed by atoms with Crippen molar-refractivity contribution in [1.29, 1.82) is 0 Å². The largest absolute Gasteiger partial charge is 0.347 e. The Labute approximate surface area is 104 Å². The van der Waals surface area contributed by atoms with E-state index >= 15 is 0 Å². The minimum Gasteiger partial charge on any atom is -0.347 e. The quantitative estimate of drug-likeness (QED) is 0.655. The number of likely N-dealkylation sites (N-methyl/N-ethyl adjacent to an activating group) is 1. The maximum absolute atomic E-state index is 12.2. The van der Waals surface area contributed by atoms with Crippen LogP contribution in [0.15, 0.2) is 6.20 Å². The van der Waals surface area contributed by atoms with Gasteiger partial charge in [0.05, 0.1) is 6.20 Å². The van der Waals surface area contributed by atoms with Crippen LogP contribution in [0.2, 0.25) is 0 Å². The minimum absolute atomic E-state index is 0.0981. The zero-order valence-electron chi connectivity index (χ0n) is 10.4. The molecule has 0 aliphatic carbocycles. The summed E-state index contributed by atoms with van der Waals surface area (Å²) in [7, 11) is 3.35. The average Bonchev–Trinajstić information content (AvgIpc) is 2.90. The van der Waals surface area contributed by atoms with Gasteiger partial charge < -0.3 is 15.1 Å². The summed E-state index contributed by atoms with van der Waals surface area (Å²) < 4.78 is 0. The van der Waals surface area contributed by atoms with Gasteiger partial charge in [0.1, 0.15) is 6.04 Å². The van der Waals surface area contributed by atoms with Crippen LogP contribution in [0, 0.1) is 0 Å². The number of nitrogens with one attached hydrogen (secondary N) is 2. The SMILES string of the molecule is CN(C)C(=O)C1CNCCN1C(=O)c1cn[nH]n1. The number of H-pyrrole nitrogens is 1. The summed E-state index contributed by atoms with van der Waals surface area (Å²) in [5.74, 6) is -0.371. The minimum atomic E-state index is -0.488. The smallest absolute Gasteiger partial charge is 0.276 e. The molecule has 0 spiro atoms. The molecule has 0 bridgehead atoms. The van der Waals surface area contributed by atoms with Crippen molar-refractivity contribution in [1.82, 2.24) is 30.5 Å². The predicted molar refractivity (Wildman–Crippen MR) is 62.8 cm³/mol. The Morgan fingerprint density at radius 2 is 2.28 bits per heavy atom. The first-order valence-corrected chi connectivity index (χ1v) is 5.70. The van der Waals surface area contributed by atoms with Crippen molar-refractivity contribution in [2.24, 2.45) is 0 Å². The molecule has 1 atom stereocenters. The molecule has 1 fully saturated rings. The molecule has 0 aromatic carbocycles. The van der Waals surface area contributed by atoms with Gasteiger partial charge in [-0.3, -0.25) is 9.59 Å². The van der Waals surface area contributed by atoms with Crippen LogP contribution in [-0.2, 0) is 4.79 Å². The van der Waals surface area contributed by atoms with E-state index in [-0.39, 0.29) is 17.5 Å². The van der Waals surface area contributed by atoms with Crippen LogP contribution < -0.4 is 5.32 Å². The lowest BCUT2D eigenvalue weighted by Crippen LogP contribution is -2.59. The number of hydrogen-bond donors (Lipinski definition) is 2. The summed E-state index contributed by atoms with van der Waals surface area (Å²) in [5, 5.41) is 12.9. The van der Waals surface area contributed by atoms with Crippen LogP contribution in [0.25, 0.3) is 0 Å². The average molecular weight is 252 g/mol. The normalized spacial score (nSPS) is 19.7. The van der Waals surface area contributed by atoms with Gasteiger partial charge in [0.2, 0.25) is 5.91 Å². The van der Waals surface area contributed by atoms with Crippen molar-refractivity contribution in [3.8, 4) is 0 Å². The molecular weight excluding hydrogens is 236 g/mol. The van der Waals surface area contributed by atoms with Crippen molar-refractivity contribution in [2.75, 3.05) is 33.7 Å². The number of aromatic amines is 1. The lowest BCUT2D eigenvalue weighted by atomic mass is 10.1. The number of amides is 2. The number of piperazine rings is 1. The van der Waals surface area contributed by atoms with Crippen LogP contribution in [0.4, 0.5) is 0 Å². The van der Waals surface area contributed by atoms with Crippen LogP contribution in [-0.4, -0.2) is 76.8 Å². The van der Waals surface area contributed by atoms with E-state index in [9.17, 15) is 9.59 Å². The number of aromatic nitrogens is 3. The molecule has 2 amide bonds. The first-order chi connectivity index (χ1) is 8.61. The van der Waals surface area contributed by atoms with Crippen molar-refractivity contribution in [3.63, 3.8) is 0 Å². The second-order valence-electron chi connectivity index (χ2n) is 4.31. The molecule has 1 aliphatic rings. The van der Waals surface area contributed by atoms with Crippen LogP contribution in [0.5, 0.6) is 0 Å². The van der Waals surface area contributed by atoms with Crippen LogP contribution in [0.1, 0.15) is 10.5 Å². The van der Waals surface area contributed by atoms with Gasteiger partial charge >= 0.3 is 0 Å². The second kappa shape index (κ2) is 5.13. The maximum Gasteiger partial charge on any atom is 0.276 e. The summed E-state index contributed by atoms with van der Waals surface area (Å²) in [6.07, 6.45) is 1.36. The second-order valence-corrected chi connectivity index (χ2v) is 4.31. The van der Waals surface area contributed by atoms with Gasteiger partial charge in [0.25, 0.3) is 5.91 Å². The van der Waals surface area contributed by atoms with Gasteiger partial charge in [-0.2, -0.15) is 15.4 Å². The highest BCUT2D eigenvalue weighted by Crippen LogP contribution is 2.10. The fourth-order valence-corrected chi connectivity index (χ4v) is 1.92. The molecule has 1 saturated heterocycles. The number of hydrogen-bond acceptors (Lipinski definition) is 5. The van der Waals surface area contributed by atoms with E-state index in [0.717, 1.165) is 0 Å². The third-order valence-electron chi connectivity index (χ3n) is 2.86. The summed E-state index contributed by atoms with van der Waals surface area (Å²) in [5.41, 5.74) is 0.230. The van der Waals surface area contributed by atoms with Gasteiger partial charge in [0.15, 0.2) is 5.69 Å². The van der Waals surface area contributed by atoms with Crippen molar-refractivity contribution >= 4 is 11.8 Å². The molecule has 0 saturated carbocycles. The summed E-state index contributed by atoms with van der Waals surface area (Å²) >= 11 is 0. The monoisotopic (exact) mass is 252 g/mol. The van der Waals surface area contributed by atoms with E-state index in [1.807, 2.05) is 0 Å².